The van der Waals surface area contributed by atoms with Crippen molar-refractivity contribution in [3.05, 3.63) is 144 Å². The van der Waals surface area contributed by atoms with Crippen molar-refractivity contribution < 1.29 is 20.1 Å². The van der Waals surface area contributed by atoms with Crippen LogP contribution in [-0.2, 0) is 31.9 Å². The second-order valence-corrected chi connectivity index (χ2v) is 11.2. The normalized spacial score (nSPS) is 11.1. The van der Waals surface area contributed by atoms with E-state index in [0.29, 0.717) is 5.41 Å². The molecule has 5 aromatic rings. The molecule has 39 heavy (non-hydrogen) atoms. The van der Waals surface area contributed by atoms with Gasteiger partial charge in [0.2, 0.25) is 0 Å². The molecule has 0 saturated heterocycles. The standard InChI is InChI=1S/C20H18N.C16H18N.Ir/c1-20(2,17-12-7-4-8-13-17)18-14-9-15-21-19(18)16-10-5-3-6-11-16;1-16(2,3)12-13-9-10-17-15(11-13)14-7-5-4-6-8-14;/h3-10,12-15H,1-2H3;4-7,9-11H,12H2,1-3H3;/q2*-1;. The van der Waals surface area contributed by atoms with Crippen molar-refractivity contribution in [2.75, 3.05) is 0 Å². The molecule has 3 heteroatoms. The predicted molar refractivity (Wildman–Crippen MR) is 159 cm³/mol. The van der Waals surface area contributed by atoms with Crippen molar-refractivity contribution >= 4 is 0 Å². The Hall–Kier alpha value is -3.39. The summed E-state index contributed by atoms with van der Waals surface area (Å²) in [5.41, 5.74) is 8.15. The maximum Gasteiger partial charge on any atom is 0.0163 e. The van der Waals surface area contributed by atoms with E-state index >= 15 is 0 Å². The summed E-state index contributed by atoms with van der Waals surface area (Å²) >= 11 is 0. The van der Waals surface area contributed by atoms with E-state index in [1.807, 2.05) is 60.9 Å². The van der Waals surface area contributed by atoms with Crippen molar-refractivity contribution in [3.8, 4) is 22.5 Å². The van der Waals surface area contributed by atoms with Gasteiger partial charge in [0.1, 0.15) is 0 Å². The molecule has 0 fully saturated rings. The summed E-state index contributed by atoms with van der Waals surface area (Å²) in [6.07, 6.45) is 4.80. The van der Waals surface area contributed by atoms with E-state index in [0.717, 1.165) is 28.9 Å². The number of nitrogens with zero attached hydrogens (tertiary/aromatic N) is 2. The van der Waals surface area contributed by atoms with Gasteiger partial charge in [0.15, 0.2) is 0 Å². The average molecular weight is 689 g/mol. The topological polar surface area (TPSA) is 25.8 Å². The zero-order valence-electron chi connectivity index (χ0n) is 23.4. The van der Waals surface area contributed by atoms with Crippen LogP contribution in [0.5, 0.6) is 0 Å². The van der Waals surface area contributed by atoms with Gasteiger partial charge in [-0.25, -0.2) is 0 Å². The number of rotatable bonds is 5. The zero-order chi connectivity index (χ0) is 27.0. The summed E-state index contributed by atoms with van der Waals surface area (Å²) in [6, 6.07) is 41.5. The Morgan fingerprint density at radius 1 is 0.641 bits per heavy atom. The van der Waals surface area contributed by atoms with Crippen LogP contribution in [0.25, 0.3) is 22.5 Å². The molecule has 0 N–H and O–H groups in total. The van der Waals surface area contributed by atoms with Crippen molar-refractivity contribution in [2.45, 2.75) is 46.5 Å². The molecule has 0 unspecified atom stereocenters. The van der Waals surface area contributed by atoms with Crippen LogP contribution in [0, 0.1) is 17.5 Å². The second-order valence-electron chi connectivity index (χ2n) is 11.2. The smallest absolute Gasteiger partial charge is 0.0163 e. The Bertz CT molecular complexity index is 1420. The monoisotopic (exact) mass is 689 g/mol. The molecule has 0 atom stereocenters. The van der Waals surface area contributed by atoms with Crippen LogP contribution in [0.1, 0.15) is 51.3 Å². The van der Waals surface area contributed by atoms with Gasteiger partial charge in [-0.1, -0.05) is 88.2 Å². The van der Waals surface area contributed by atoms with Gasteiger partial charge in [-0.2, -0.15) is 0 Å². The van der Waals surface area contributed by atoms with E-state index in [4.69, 9.17) is 0 Å². The molecule has 0 aliphatic rings. The first kappa shape index (κ1) is 30.2. The summed E-state index contributed by atoms with van der Waals surface area (Å²) in [5, 5.41) is 0. The van der Waals surface area contributed by atoms with Crippen molar-refractivity contribution in [2.24, 2.45) is 5.41 Å². The first-order chi connectivity index (χ1) is 18.2. The Balaban J connectivity index is 0.000000215. The molecular formula is C36H36IrN2-2. The Labute approximate surface area is 248 Å². The van der Waals surface area contributed by atoms with Gasteiger partial charge in [-0.3, -0.25) is 0 Å². The SMILES string of the molecule is CC(C)(C)Cc1ccnc(-c2[c-]cccc2)c1.CC(C)(c1ccccc1)c1cccnc1-c1[c-]cccc1.[Ir]. The molecule has 1 radical (unpaired) electrons. The summed E-state index contributed by atoms with van der Waals surface area (Å²) < 4.78 is 0. The minimum absolute atomic E-state index is 0. The number of hydrogen-bond donors (Lipinski definition) is 0. The third-order valence-corrected chi connectivity index (χ3v) is 6.48. The van der Waals surface area contributed by atoms with Gasteiger partial charge >= 0.3 is 0 Å². The van der Waals surface area contributed by atoms with Crippen LogP contribution in [-0.4, -0.2) is 9.97 Å². The van der Waals surface area contributed by atoms with E-state index in [1.54, 1.807) is 0 Å². The van der Waals surface area contributed by atoms with Crippen LogP contribution in [0.15, 0.2) is 116 Å². The van der Waals surface area contributed by atoms with E-state index in [9.17, 15) is 0 Å². The minimum Gasteiger partial charge on any atom is -0.305 e. The third-order valence-electron chi connectivity index (χ3n) is 6.48. The maximum absolute atomic E-state index is 4.61. The largest absolute Gasteiger partial charge is 0.305 e. The molecule has 0 bridgehead atoms. The van der Waals surface area contributed by atoms with Crippen LogP contribution < -0.4 is 0 Å². The van der Waals surface area contributed by atoms with Gasteiger partial charge in [0, 0.05) is 37.9 Å². The van der Waals surface area contributed by atoms with Crippen molar-refractivity contribution in [1.82, 2.24) is 9.97 Å². The van der Waals surface area contributed by atoms with E-state index < -0.39 is 0 Å². The van der Waals surface area contributed by atoms with E-state index in [2.05, 4.69) is 111 Å². The number of aromatic nitrogens is 2. The zero-order valence-corrected chi connectivity index (χ0v) is 25.8. The first-order valence-electron chi connectivity index (χ1n) is 13.1. The Morgan fingerprint density at radius 3 is 1.90 bits per heavy atom. The second kappa shape index (κ2) is 13.6. The molecule has 2 aromatic heterocycles. The van der Waals surface area contributed by atoms with Gasteiger partial charge in [0.05, 0.1) is 0 Å². The minimum atomic E-state index is -0.103. The Kier molecular flexibility index (Phi) is 10.5. The fourth-order valence-corrected chi connectivity index (χ4v) is 4.57. The van der Waals surface area contributed by atoms with E-state index in [1.165, 1.54) is 16.7 Å². The fourth-order valence-electron chi connectivity index (χ4n) is 4.57. The van der Waals surface area contributed by atoms with Crippen LogP contribution in [0.4, 0.5) is 0 Å². The van der Waals surface area contributed by atoms with Gasteiger partial charge in [-0.15, -0.1) is 71.8 Å². The molecule has 3 aromatic carbocycles. The predicted octanol–water partition coefficient (Wildman–Crippen LogP) is 9.01. The average Bonchev–Trinajstić information content (AvgIpc) is 2.94. The van der Waals surface area contributed by atoms with Crippen molar-refractivity contribution in [1.29, 1.82) is 0 Å². The van der Waals surface area contributed by atoms with Crippen LogP contribution in [0.3, 0.4) is 0 Å². The molecule has 0 amide bonds. The fraction of sp³-hybridized carbons (Fsp3) is 0.222. The molecule has 201 valence electrons. The quantitative estimate of drug-likeness (QED) is 0.172. The summed E-state index contributed by atoms with van der Waals surface area (Å²) in [4.78, 5) is 9.02. The molecule has 5 rings (SSSR count). The first-order valence-corrected chi connectivity index (χ1v) is 13.1. The number of hydrogen-bond acceptors (Lipinski definition) is 2. The molecule has 0 spiro atoms. The van der Waals surface area contributed by atoms with Gasteiger partial charge in [0.25, 0.3) is 0 Å². The molecule has 0 aliphatic carbocycles. The summed E-state index contributed by atoms with van der Waals surface area (Å²) in [7, 11) is 0. The maximum atomic E-state index is 4.61. The number of pyridine rings is 2. The summed E-state index contributed by atoms with van der Waals surface area (Å²) in [6.45, 7) is 11.2. The molecule has 2 nitrogen and oxygen atoms in total. The molecular weight excluding hydrogens is 653 g/mol. The van der Waals surface area contributed by atoms with Crippen LogP contribution in [0.2, 0.25) is 0 Å². The number of benzene rings is 3. The third kappa shape index (κ3) is 8.29. The molecule has 0 aliphatic heterocycles. The van der Waals surface area contributed by atoms with Gasteiger partial charge < -0.3 is 9.97 Å². The van der Waals surface area contributed by atoms with Gasteiger partial charge in [-0.05, 0) is 40.9 Å². The van der Waals surface area contributed by atoms with E-state index in [-0.39, 0.29) is 25.5 Å². The Morgan fingerprint density at radius 2 is 1.28 bits per heavy atom. The van der Waals surface area contributed by atoms with Crippen molar-refractivity contribution in [3.63, 3.8) is 0 Å². The molecule has 0 saturated carbocycles. The molecule has 2 heterocycles. The summed E-state index contributed by atoms with van der Waals surface area (Å²) in [5.74, 6) is 0. The van der Waals surface area contributed by atoms with Crippen LogP contribution >= 0.6 is 0 Å².